The molecule has 1 saturated heterocycles. The third-order valence-electron chi connectivity index (χ3n) is 2.61. The molecule has 1 atom stereocenters. The van der Waals surface area contributed by atoms with E-state index >= 15 is 0 Å². The summed E-state index contributed by atoms with van der Waals surface area (Å²) in [6, 6.07) is 3.99. The van der Waals surface area contributed by atoms with Gasteiger partial charge in [-0.2, -0.15) is 11.8 Å². The molecule has 0 aromatic carbocycles. The first-order valence-corrected chi connectivity index (χ1v) is 6.93. The van der Waals surface area contributed by atoms with Gasteiger partial charge in [0.05, 0.1) is 0 Å². The molecule has 2 rings (SSSR count). The van der Waals surface area contributed by atoms with Gasteiger partial charge < -0.3 is 10.6 Å². The molecule has 0 bridgehead atoms. The summed E-state index contributed by atoms with van der Waals surface area (Å²) in [7, 11) is 0. The number of nitrogens with one attached hydrogen (secondary N) is 2. The van der Waals surface area contributed by atoms with Gasteiger partial charge in [-0.1, -0.05) is 0 Å². The Labute approximate surface area is 106 Å². The minimum atomic E-state index is 0.0654. The van der Waals surface area contributed by atoms with Gasteiger partial charge in [-0.25, -0.2) is 0 Å². The van der Waals surface area contributed by atoms with Crippen molar-refractivity contribution in [1.82, 2.24) is 10.3 Å². The summed E-state index contributed by atoms with van der Waals surface area (Å²) in [6.07, 6.45) is 2.24. The molecule has 1 unspecified atom stereocenters. The number of aryl methyl sites for hydroxylation is 1. The zero-order chi connectivity index (χ0) is 12.1. The van der Waals surface area contributed by atoms with E-state index in [0.29, 0.717) is 12.5 Å². The van der Waals surface area contributed by atoms with Crippen molar-refractivity contribution in [2.75, 3.05) is 23.4 Å². The highest BCUT2D eigenvalue weighted by atomic mass is 32.2. The zero-order valence-corrected chi connectivity index (χ0v) is 10.7. The first kappa shape index (κ1) is 12.4. The van der Waals surface area contributed by atoms with Gasteiger partial charge in [0.25, 0.3) is 0 Å². The van der Waals surface area contributed by atoms with Crippen LogP contribution in [0.1, 0.15) is 12.1 Å². The van der Waals surface area contributed by atoms with Crippen LogP contribution in [-0.2, 0) is 4.79 Å². The lowest BCUT2D eigenvalue weighted by atomic mass is 10.2. The van der Waals surface area contributed by atoms with Gasteiger partial charge in [0.1, 0.15) is 0 Å². The predicted octanol–water partition coefficient (Wildman–Crippen LogP) is 1.42. The Hall–Kier alpha value is -1.07. The van der Waals surface area contributed by atoms with Crippen LogP contribution in [0.5, 0.6) is 0 Å². The van der Waals surface area contributed by atoms with Crippen LogP contribution in [-0.4, -0.2) is 35.0 Å². The fourth-order valence-corrected chi connectivity index (χ4v) is 2.76. The van der Waals surface area contributed by atoms with Crippen molar-refractivity contribution < 1.29 is 4.79 Å². The van der Waals surface area contributed by atoms with Crippen LogP contribution in [0.3, 0.4) is 0 Å². The fourth-order valence-electron chi connectivity index (χ4n) is 1.81. The van der Waals surface area contributed by atoms with Gasteiger partial charge in [0, 0.05) is 48.1 Å². The monoisotopic (exact) mass is 251 g/mol. The highest BCUT2D eigenvalue weighted by molar-refractivity contribution is 7.99. The average molecular weight is 251 g/mol. The lowest BCUT2D eigenvalue weighted by Crippen LogP contribution is -2.39. The molecule has 0 spiro atoms. The van der Waals surface area contributed by atoms with Crippen molar-refractivity contribution in [3.8, 4) is 0 Å². The van der Waals surface area contributed by atoms with Crippen LogP contribution < -0.4 is 10.6 Å². The van der Waals surface area contributed by atoms with Crippen LogP contribution in [0.25, 0.3) is 0 Å². The molecule has 0 saturated carbocycles. The lowest BCUT2D eigenvalue weighted by Gasteiger charge is -2.22. The number of hydrogen-bond donors (Lipinski definition) is 2. The molecule has 1 aliphatic heterocycles. The molecule has 1 aromatic rings. The van der Waals surface area contributed by atoms with Crippen molar-refractivity contribution in [2.24, 2.45) is 0 Å². The molecule has 17 heavy (non-hydrogen) atoms. The maximum atomic E-state index is 11.8. The predicted molar refractivity (Wildman–Crippen MR) is 71.3 cm³/mol. The van der Waals surface area contributed by atoms with E-state index in [2.05, 4.69) is 15.6 Å². The van der Waals surface area contributed by atoms with E-state index < -0.39 is 0 Å². The topological polar surface area (TPSA) is 54.0 Å². The molecule has 1 amide bonds. The van der Waals surface area contributed by atoms with Gasteiger partial charge in [0.15, 0.2) is 0 Å². The molecule has 0 radical (unpaired) electrons. The molecule has 2 heterocycles. The summed E-state index contributed by atoms with van der Waals surface area (Å²) in [6.45, 7) is 2.91. The van der Waals surface area contributed by atoms with Crippen LogP contribution in [0, 0.1) is 6.92 Å². The van der Waals surface area contributed by atoms with Crippen LogP contribution in [0.2, 0.25) is 0 Å². The fraction of sp³-hybridized carbons (Fsp3) is 0.500. The summed E-state index contributed by atoms with van der Waals surface area (Å²) in [5.41, 5.74) is 1.74. The summed E-state index contributed by atoms with van der Waals surface area (Å²) < 4.78 is 0. The minimum absolute atomic E-state index is 0.0654. The quantitative estimate of drug-likeness (QED) is 0.853. The largest absolute Gasteiger partial charge is 0.326 e. The Bertz CT molecular complexity index is 391. The normalized spacial score (nSPS) is 19.9. The molecule has 2 N–H and O–H groups in total. The third kappa shape index (κ3) is 4.02. The molecular weight excluding hydrogens is 234 g/mol. The summed E-state index contributed by atoms with van der Waals surface area (Å²) >= 11 is 1.90. The van der Waals surface area contributed by atoms with Gasteiger partial charge in [-0.15, -0.1) is 0 Å². The van der Waals surface area contributed by atoms with E-state index in [1.807, 2.05) is 30.8 Å². The van der Waals surface area contributed by atoms with Crippen LogP contribution >= 0.6 is 11.8 Å². The Morgan fingerprint density at radius 1 is 1.71 bits per heavy atom. The number of pyridine rings is 1. The molecule has 1 fully saturated rings. The number of carbonyl (C=O) groups excluding carboxylic acids is 1. The Balaban J connectivity index is 1.84. The maximum Gasteiger partial charge on any atom is 0.225 e. The standard InChI is InChI=1S/C12H17N3OS/c1-9-6-10(2-3-13-9)15-12(16)7-11-8-17-5-4-14-11/h2-3,6,11,14H,4-5,7-8H2,1H3,(H,13,15,16). The Morgan fingerprint density at radius 3 is 3.29 bits per heavy atom. The van der Waals surface area contributed by atoms with Crippen molar-refractivity contribution in [1.29, 1.82) is 0 Å². The van der Waals surface area contributed by atoms with E-state index in [1.165, 1.54) is 0 Å². The number of carbonyl (C=O) groups is 1. The van der Waals surface area contributed by atoms with Crippen molar-refractivity contribution in [3.05, 3.63) is 24.0 Å². The van der Waals surface area contributed by atoms with E-state index in [1.54, 1.807) is 6.20 Å². The smallest absolute Gasteiger partial charge is 0.225 e. The first-order chi connectivity index (χ1) is 8.24. The number of amides is 1. The molecule has 1 aromatic heterocycles. The number of hydrogen-bond acceptors (Lipinski definition) is 4. The molecular formula is C12H17N3OS. The van der Waals surface area contributed by atoms with E-state index in [9.17, 15) is 4.79 Å². The SMILES string of the molecule is Cc1cc(NC(=O)CC2CSCCN2)ccn1. The maximum absolute atomic E-state index is 11.8. The van der Waals surface area contributed by atoms with Gasteiger partial charge >= 0.3 is 0 Å². The van der Waals surface area contributed by atoms with Gasteiger partial charge in [-0.05, 0) is 19.1 Å². The van der Waals surface area contributed by atoms with Crippen LogP contribution in [0.15, 0.2) is 18.3 Å². The zero-order valence-electron chi connectivity index (χ0n) is 9.90. The second-order valence-electron chi connectivity index (χ2n) is 4.16. The summed E-state index contributed by atoms with van der Waals surface area (Å²) in [5.74, 6) is 2.22. The van der Waals surface area contributed by atoms with Crippen molar-refractivity contribution in [3.63, 3.8) is 0 Å². The third-order valence-corrected chi connectivity index (χ3v) is 3.74. The van der Waals surface area contributed by atoms with E-state index in [0.717, 1.165) is 29.4 Å². The van der Waals surface area contributed by atoms with Gasteiger partial charge in [0.2, 0.25) is 5.91 Å². The van der Waals surface area contributed by atoms with Crippen molar-refractivity contribution in [2.45, 2.75) is 19.4 Å². The number of rotatable bonds is 3. The number of aromatic nitrogens is 1. The Morgan fingerprint density at radius 2 is 2.59 bits per heavy atom. The molecule has 1 aliphatic rings. The van der Waals surface area contributed by atoms with Crippen LogP contribution in [0.4, 0.5) is 5.69 Å². The minimum Gasteiger partial charge on any atom is -0.326 e. The molecule has 4 nitrogen and oxygen atoms in total. The highest BCUT2D eigenvalue weighted by Crippen LogP contribution is 2.12. The average Bonchev–Trinajstić information content (AvgIpc) is 2.30. The lowest BCUT2D eigenvalue weighted by molar-refractivity contribution is -0.116. The van der Waals surface area contributed by atoms with E-state index in [4.69, 9.17) is 0 Å². The first-order valence-electron chi connectivity index (χ1n) is 5.77. The molecule has 0 aliphatic carbocycles. The van der Waals surface area contributed by atoms with E-state index in [-0.39, 0.29) is 5.91 Å². The molecule has 92 valence electrons. The summed E-state index contributed by atoms with van der Waals surface area (Å²) in [4.78, 5) is 15.9. The second-order valence-corrected chi connectivity index (χ2v) is 5.31. The second kappa shape index (κ2) is 6.02. The highest BCUT2D eigenvalue weighted by Gasteiger charge is 2.16. The summed E-state index contributed by atoms with van der Waals surface area (Å²) in [5, 5.41) is 6.25. The molecule has 5 heteroatoms. The number of anilines is 1. The Kier molecular flexibility index (Phi) is 4.39. The van der Waals surface area contributed by atoms with Crippen molar-refractivity contribution >= 4 is 23.4 Å². The number of nitrogens with zero attached hydrogens (tertiary/aromatic N) is 1. The van der Waals surface area contributed by atoms with Gasteiger partial charge in [-0.3, -0.25) is 9.78 Å². The number of thioether (sulfide) groups is 1.